The van der Waals surface area contributed by atoms with Crippen molar-refractivity contribution in [1.29, 1.82) is 0 Å². The van der Waals surface area contributed by atoms with Crippen LogP contribution in [0.3, 0.4) is 0 Å². The van der Waals surface area contributed by atoms with Crippen LogP contribution in [0.4, 0.5) is 0 Å². The van der Waals surface area contributed by atoms with Gasteiger partial charge in [0.2, 0.25) is 0 Å². The maximum absolute atomic E-state index is 12.1. The van der Waals surface area contributed by atoms with E-state index in [1.165, 1.54) is 0 Å². The van der Waals surface area contributed by atoms with Crippen LogP contribution in [0.25, 0.3) is 12.2 Å². The molecule has 2 aromatic rings. The summed E-state index contributed by atoms with van der Waals surface area (Å²) in [4.78, 5) is 12.1. The normalized spacial score (nSPS) is 11.0. The van der Waals surface area contributed by atoms with Crippen molar-refractivity contribution in [2.45, 2.75) is 6.92 Å². The average Bonchev–Trinajstić information content (AvgIpc) is 2.54. The van der Waals surface area contributed by atoms with E-state index in [0.717, 1.165) is 28.5 Å². The Bertz CT molecular complexity index is 776. The van der Waals surface area contributed by atoms with Gasteiger partial charge >= 0.3 is 5.69 Å². The number of rotatable bonds is 4. The van der Waals surface area contributed by atoms with Crippen LogP contribution in [-0.4, -0.2) is 18.8 Å². The first-order chi connectivity index (χ1) is 10.5. The molecule has 0 atom stereocenters. The molecule has 0 unspecified atom stereocenters. The Kier molecular flexibility index (Phi) is 4.65. The summed E-state index contributed by atoms with van der Waals surface area (Å²) in [5.41, 5.74) is 2.60. The quantitative estimate of drug-likeness (QED) is 0.808. The molecule has 0 saturated carbocycles. The van der Waals surface area contributed by atoms with Gasteiger partial charge in [-0.15, -0.1) is 0 Å². The number of hydrogen-bond donors (Lipinski definition) is 0. The van der Waals surface area contributed by atoms with Gasteiger partial charge in [-0.2, -0.15) is 13.9 Å². The lowest BCUT2D eigenvalue weighted by Gasteiger charge is -2.07. The summed E-state index contributed by atoms with van der Waals surface area (Å²) in [6, 6.07) is 7.59. The molecule has 0 saturated heterocycles. The number of aromatic nitrogens is 2. The molecule has 0 N–H and O–H groups in total. The molecule has 5 heteroatoms. The van der Waals surface area contributed by atoms with E-state index < -0.39 is 0 Å². The van der Waals surface area contributed by atoms with Crippen LogP contribution in [0.5, 0.6) is 11.5 Å². The van der Waals surface area contributed by atoms with Gasteiger partial charge in [0.15, 0.2) is 0 Å². The van der Waals surface area contributed by atoms with Crippen molar-refractivity contribution in [3.63, 3.8) is 0 Å². The third-order valence-corrected chi connectivity index (χ3v) is 3.72. The first-order valence-corrected chi connectivity index (χ1v) is 6.94. The Hall–Kier alpha value is -2.56. The summed E-state index contributed by atoms with van der Waals surface area (Å²) in [5, 5.41) is 0. The molecule has 1 heterocycles. The Labute approximate surface area is 130 Å². The zero-order chi connectivity index (χ0) is 16.3. The van der Waals surface area contributed by atoms with E-state index in [4.69, 9.17) is 9.47 Å². The lowest BCUT2D eigenvalue weighted by molar-refractivity contribution is -0.692. The van der Waals surface area contributed by atoms with Gasteiger partial charge in [0.05, 0.1) is 28.3 Å². The minimum absolute atomic E-state index is 0.0543. The van der Waals surface area contributed by atoms with Crippen molar-refractivity contribution in [2.75, 3.05) is 14.2 Å². The molecule has 0 aliphatic carbocycles. The minimum Gasteiger partial charge on any atom is -0.497 e. The predicted molar refractivity (Wildman–Crippen MR) is 86.1 cm³/mol. The van der Waals surface area contributed by atoms with E-state index in [2.05, 4.69) is 0 Å². The number of hydrogen-bond acceptors (Lipinski definition) is 3. The Balaban J connectivity index is 2.43. The van der Waals surface area contributed by atoms with Gasteiger partial charge in [0.1, 0.15) is 22.9 Å². The molecule has 0 bridgehead atoms. The van der Waals surface area contributed by atoms with Crippen LogP contribution in [0, 0.1) is 6.92 Å². The van der Waals surface area contributed by atoms with Gasteiger partial charge in [0, 0.05) is 17.7 Å². The van der Waals surface area contributed by atoms with Crippen LogP contribution in [0.1, 0.15) is 17.0 Å². The fourth-order valence-corrected chi connectivity index (χ4v) is 2.19. The van der Waals surface area contributed by atoms with Crippen LogP contribution in [-0.2, 0) is 14.1 Å². The second-order valence-electron chi connectivity index (χ2n) is 5.05. The first-order valence-electron chi connectivity index (χ1n) is 6.94. The molecule has 0 aliphatic rings. The molecule has 22 heavy (non-hydrogen) atoms. The maximum atomic E-state index is 12.1. The van der Waals surface area contributed by atoms with E-state index in [9.17, 15) is 4.79 Å². The van der Waals surface area contributed by atoms with Gasteiger partial charge in [-0.3, -0.25) is 0 Å². The zero-order valence-electron chi connectivity index (χ0n) is 13.6. The molecular weight excluding hydrogens is 280 g/mol. The van der Waals surface area contributed by atoms with E-state index in [0.29, 0.717) is 0 Å². The monoisotopic (exact) mass is 301 g/mol. The van der Waals surface area contributed by atoms with E-state index in [-0.39, 0.29) is 5.69 Å². The Morgan fingerprint density at radius 2 is 1.86 bits per heavy atom. The molecule has 5 nitrogen and oxygen atoms in total. The highest BCUT2D eigenvalue weighted by Crippen LogP contribution is 2.25. The lowest BCUT2D eigenvalue weighted by Crippen LogP contribution is -2.53. The van der Waals surface area contributed by atoms with Crippen molar-refractivity contribution < 1.29 is 14.0 Å². The third-order valence-electron chi connectivity index (χ3n) is 3.72. The SMILES string of the molecule is COc1ccc(C=Cc2cc(C)n(C)c(=O)[n+]2C)c(OC)c1. The Morgan fingerprint density at radius 3 is 2.50 bits per heavy atom. The Morgan fingerprint density at radius 1 is 1.14 bits per heavy atom. The molecule has 0 fully saturated rings. The topological polar surface area (TPSA) is 44.3 Å². The highest BCUT2D eigenvalue weighted by atomic mass is 16.5. The number of nitrogens with zero attached hydrogens (tertiary/aromatic N) is 2. The van der Waals surface area contributed by atoms with Gasteiger partial charge in [-0.25, -0.2) is 0 Å². The van der Waals surface area contributed by atoms with Crippen molar-refractivity contribution in [3.05, 3.63) is 51.7 Å². The van der Waals surface area contributed by atoms with Crippen LogP contribution >= 0.6 is 0 Å². The second-order valence-corrected chi connectivity index (χ2v) is 5.05. The largest absolute Gasteiger partial charge is 0.498 e. The number of methoxy groups -OCH3 is 2. The molecule has 0 aliphatic heterocycles. The van der Waals surface area contributed by atoms with Crippen molar-refractivity contribution in [3.8, 4) is 11.5 Å². The fraction of sp³-hybridized carbons (Fsp3) is 0.294. The third kappa shape index (κ3) is 3.03. The molecule has 0 amide bonds. The van der Waals surface area contributed by atoms with Gasteiger partial charge in [-0.05, 0) is 31.2 Å². The second kappa shape index (κ2) is 6.47. The van der Waals surface area contributed by atoms with Gasteiger partial charge in [-0.1, -0.05) is 0 Å². The maximum Gasteiger partial charge on any atom is 0.498 e. The molecule has 1 aromatic heterocycles. The summed E-state index contributed by atoms with van der Waals surface area (Å²) in [5.74, 6) is 1.46. The summed E-state index contributed by atoms with van der Waals surface area (Å²) in [7, 11) is 6.76. The van der Waals surface area contributed by atoms with Crippen molar-refractivity contribution in [1.82, 2.24) is 4.57 Å². The van der Waals surface area contributed by atoms with E-state index >= 15 is 0 Å². The number of benzene rings is 1. The summed E-state index contributed by atoms with van der Waals surface area (Å²) in [6.07, 6.45) is 3.82. The van der Waals surface area contributed by atoms with Crippen LogP contribution in [0.15, 0.2) is 29.1 Å². The molecule has 0 spiro atoms. The van der Waals surface area contributed by atoms with Crippen LogP contribution < -0.4 is 19.7 Å². The molecular formula is C17H21N2O3+. The average molecular weight is 301 g/mol. The fourth-order valence-electron chi connectivity index (χ4n) is 2.19. The zero-order valence-corrected chi connectivity index (χ0v) is 13.6. The summed E-state index contributed by atoms with van der Waals surface area (Å²) >= 11 is 0. The van der Waals surface area contributed by atoms with E-state index in [1.54, 1.807) is 37.4 Å². The van der Waals surface area contributed by atoms with Crippen molar-refractivity contribution in [2.24, 2.45) is 14.1 Å². The standard InChI is InChI=1S/C17H21N2O3/c1-12-10-14(19(3)17(20)18(12)2)8-6-13-7-9-15(21-4)11-16(13)22-5/h6-11H,1-5H3/q+1. The van der Waals surface area contributed by atoms with Gasteiger partial charge in [0.25, 0.3) is 0 Å². The molecule has 1 aromatic carbocycles. The lowest BCUT2D eigenvalue weighted by atomic mass is 10.1. The summed E-state index contributed by atoms with van der Waals surface area (Å²) < 4.78 is 13.8. The van der Waals surface area contributed by atoms with Gasteiger partial charge < -0.3 is 9.47 Å². The highest BCUT2D eigenvalue weighted by Gasteiger charge is 2.11. The molecule has 2 rings (SSSR count). The smallest absolute Gasteiger partial charge is 0.497 e. The van der Waals surface area contributed by atoms with Crippen LogP contribution in [0.2, 0.25) is 0 Å². The minimum atomic E-state index is -0.0543. The molecule has 0 radical (unpaired) electrons. The summed E-state index contributed by atoms with van der Waals surface area (Å²) in [6.45, 7) is 1.91. The van der Waals surface area contributed by atoms with Crippen molar-refractivity contribution >= 4 is 12.2 Å². The van der Waals surface area contributed by atoms with E-state index in [1.807, 2.05) is 43.3 Å². The highest BCUT2D eigenvalue weighted by molar-refractivity contribution is 5.71. The molecule has 116 valence electrons. The predicted octanol–water partition coefficient (Wildman–Crippen LogP) is 1.71. The first kappa shape index (κ1) is 15.8. The number of ether oxygens (including phenoxy) is 2. The number of aryl methyl sites for hydroxylation is 1.